The number of thiazole rings is 1. The number of aromatic nitrogens is 4. The van der Waals surface area contributed by atoms with Gasteiger partial charge in [0.25, 0.3) is 17.9 Å². The number of nitrogens with two attached hydrogens (primary N) is 2. The molecule has 4 rings (SSSR count). The standard InChI is InChI=1S/C24H30N10O10S2/c1-24(2)18(20(36)34(24)44-46(39,40)41)30-19(35)17(14-12-45-22(26)29-14)31-43-15(21(37)38)11-42-13-4-5-16(28-10-13)33-9-8-32(23(33)27)7-3-6-25/h4-5,8-10,12,15,18,27H,3,6-7,11,25H2,1-2H3,(H2,26,29)(H,30,35)(H,37,38)(H,39,40,41)/b27-23?,31-17-/t15-,18+/m0/s1. The fourth-order valence-electron chi connectivity index (χ4n) is 4.11. The molecule has 3 aromatic heterocycles. The van der Waals surface area contributed by atoms with Crippen LogP contribution in [0.5, 0.6) is 5.75 Å². The number of ether oxygens (including phenoxy) is 1. The Morgan fingerprint density at radius 3 is 2.61 bits per heavy atom. The monoisotopic (exact) mass is 682 g/mol. The van der Waals surface area contributed by atoms with Crippen LogP contribution in [-0.2, 0) is 40.4 Å². The van der Waals surface area contributed by atoms with Gasteiger partial charge in [-0.15, -0.1) is 15.6 Å². The second-order valence-electron chi connectivity index (χ2n) is 10.1. The van der Waals surface area contributed by atoms with Crippen LogP contribution >= 0.6 is 11.3 Å². The maximum Gasteiger partial charge on any atom is 0.418 e. The van der Waals surface area contributed by atoms with Gasteiger partial charge in [0.15, 0.2) is 10.8 Å². The van der Waals surface area contributed by atoms with Crippen LogP contribution in [0.15, 0.2) is 41.3 Å². The van der Waals surface area contributed by atoms with Crippen LogP contribution in [0.4, 0.5) is 5.13 Å². The number of amides is 2. The molecule has 2 amide bonds. The normalized spacial score (nSPS) is 16.9. The van der Waals surface area contributed by atoms with Crippen LogP contribution < -0.4 is 27.1 Å². The minimum absolute atomic E-state index is 0.0418. The third-order valence-electron chi connectivity index (χ3n) is 6.52. The summed E-state index contributed by atoms with van der Waals surface area (Å²) in [6.45, 7) is 3.18. The largest absolute Gasteiger partial charge is 0.487 e. The number of hydrogen-bond acceptors (Lipinski definition) is 15. The molecule has 3 aromatic rings. The predicted molar refractivity (Wildman–Crippen MR) is 158 cm³/mol. The average molecular weight is 683 g/mol. The van der Waals surface area contributed by atoms with Gasteiger partial charge in [-0.05, 0) is 38.9 Å². The highest BCUT2D eigenvalue weighted by Crippen LogP contribution is 2.33. The van der Waals surface area contributed by atoms with Crippen molar-refractivity contribution in [1.29, 1.82) is 5.41 Å². The number of hydroxylamine groups is 2. The van der Waals surface area contributed by atoms with Crippen LogP contribution in [0, 0.1) is 5.41 Å². The fraction of sp³-hybridized carbons (Fsp3) is 0.375. The molecule has 0 saturated carbocycles. The van der Waals surface area contributed by atoms with Crippen LogP contribution in [-0.4, -0.2) is 96.6 Å². The quantitative estimate of drug-likeness (QED) is 0.0467. The molecule has 0 aromatic carbocycles. The molecule has 248 valence electrons. The first kappa shape index (κ1) is 34.0. The number of carbonyl (C=O) groups excluding carboxylic acids is 2. The number of hydrogen-bond donors (Lipinski definition) is 6. The lowest BCUT2D eigenvalue weighted by molar-refractivity contribution is -0.218. The summed E-state index contributed by atoms with van der Waals surface area (Å²) in [4.78, 5) is 50.9. The maximum absolute atomic E-state index is 13.2. The molecule has 2 atom stereocenters. The van der Waals surface area contributed by atoms with Gasteiger partial charge in [0.2, 0.25) is 5.62 Å². The molecule has 20 nitrogen and oxygen atoms in total. The zero-order valence-electron chi connectivity index (χ0n) is 24.3. The highest BCUT2D eigenvalue weighted by atomic mass is 32.3. The molecule has 8 N–H and O–H groups in total. The van der Waals surface area contributed by atoms with Gasteiger partial charge >= 0.3 is 16.4 Å². The van der Waals surface area contributed by atoms with Crippen molar-refractivity contribution in [2.75, 3.05) is 18.9 Å². The summed E-state index contributed by atoms with van der Waals surface area (Å²) in [6, 6.07) is 1.73. The van der Waals surface area contributed by atoms with Gasteiger partial charge in [-0.2, -0.15) is 13.5 Å². The Morgan fingerprint density at radius 2 is 2.04 bits per heavy atom. The molecule has 0 bridgehead atoms. The van der Waals surface area contributed by atoms with E-state index in [0.29, 0.717) is 30.4 Å². The highest BCUT2D eigenvalue weighted by Gasteiger charge is 2.58. The van der Waals surface area contributed by atoms with E-state index in [2.05, 4.69) is 24.7 Å². The van der Waals surface area contributed by atoms with Crippen LogP contribution in [0.25, 0.3) is 5.82 Å². The molecule has 0 radical (unpaired) electrons. The Balaban J connectivity index is 1.45. The van der Waals surface area contributed by atoms with Crippen LogP contribution in [0.2, 0.25) is 0 Å². The van der Waals surface area contributed by atoms with Gasteiger partial charge in [-0.3, -0.25) is 24.1 Å². The number of nitrogens with one attached hydrogen (secondary N) is 2. The van der Waals surface area contributed by atoms with Crippen molar-refractivity contribution in [3.63, 3.8) is 0 Å². The molecular weight excluding hydrogens is 652 g/mol. The van der Waals surface area contributed by atoms with Gasteiger partial charge in [0.1, 0.15) is 29.9 Å². The van der Waals surface area contributed by atoms with Crippen molar-refractivity contribution in [1.82, 2.24) is 29.5 Å². The van der Waals surface area contributed by atoms with E-state index in [1.54, 1.807) is 23.0 Å². The second kappa shape index (κ2) is 13.6. The fourth-order valence-corrected chi connectivity index (χ4v) is 5.11. The van der Waals surface area contributed by atoms with E-state index in [4.69, 9.17) is 31.0 Å². The Hall–Kier alpha value is -4.90. The molecule has 0 aliphatic carbocycles. The summed E-state index contributed by atoms with van der Waals surface area (Å²) < 4.78 is 44.1. The number of aryl methyl sites for hydroxylation is 1. The third-order valence-corrected chi connectivity index (χ3v) is 7.53. The molecule has 1 aliphatic heterocycles. The van der Waals surface area contributed by atoms with Gasteiger partial charge in [0, 0.05) is 24.3 Å². The van der Waals surface area contributed by atoms with E-state index < -0.39 is 58.2 Å². The molecule has 1 saturated heterocycles. The summed E-state index contributed by atoms with van der Waals surface area (Å²) in [5.74, 6) is -2.96. The van der Waals surface area contributed by atoms with Crippen LogP contribution in [0.1, 0.15) is 26.0 Å². The molecule has 22 heteroatoms. The number of oxime groups is 1. The Bertz CT molecular complexity index is 1800. The van der Waals surface area contributed by atoms with E-state index in [-0.39, 0.29) is 22.2 Å². The number of rotatable bonds is 15. The van der Waals surface area contributed by atoms with Gasteiger partial charge < -0.3 is 36.0 Å². The number of aliphatic carboxylic acids is 1. The van der Waals surface area contributed by atoms with Crippen LogP contribution in [0.3, 0.4) is 0 Å². The SMILES string of the molecule is CC1(C)[C@H](NC(=O)/C(=N\O[C@@H](COc2ccc(-n3ccn(CCCN)c3=N)nc2)C(=O)O)c2csc(N)n2)C(=O)N1OS(=O)(=O)O. The summed E-state index contributed by atoms with van der Waals surface area (Å²) >= 11 is 0.942. The summed E-state index contributed by atoms with van der Waals surface area (Å²) in [5, 5.41) is 25.8. The van der Waals surface area contributed by atoms with Crippen molar-refractivity contribution < 1.29 is 46.3 Å². The van der Waals surface area contributed by atoms with Crippen molar-refractivity contribution >= 4 is 50.4 Å². The Labute approximate surface area is 264 Å². The van der Waals surface area contributed by atoms with Crippen molar-refractivity contribution in [3.8, 4) is 11.6 Å². The number of β-lactam (4-membered cyclic amide) rings is 1. The molecular formula is C24H30N10O10S2. The van der Waals surface area contributed by atoms with E-state index in [1.165, 1.54) is 36.1 Å². The minimum atomic E-state index is -5.03. The first-order valence-corrected chi connectivity index (χ1v) is 15.5. The zero-order valence-corrected chi connectivity index (χ0v) is 25.9. The smallest absolute Gasteiger partial charge is 0.418 e. The lowest BCUT2D eigenvalue weighted by Gasteiger charge is -2.50. The predicted octanol–water partition coefficient (Wildman–Crippen LogP) is -1.37. The third kappa shape index (κ3) is 7.66. The number of nitrogen functional groups attached to an aromatic ring is 1. The number of carboxylic acids is 1. The highest BCUT2D eigenvalue weighted by molar-refractivity contribution is 7.80. The number of pyridine rings is 1. The van der Waals surface area contributed by atoms with Gasteiger partial charge in [-0.1, -0.05) is 5.16 Å². The first-order valence-electron chi connectivity index (χ1n) is 13.2. The van der Waals surface area contributed by atoms with Crippen molar-refractivity contribution in [2.45, 2.75) is 44.5 Å². The Kier molecular flexibility index (Phi) is 10.1. The number of carbonyl (C=O) groups is 3. The average Bonchev–Trinajstić information content (AvgIpc) is 3.59. The molecule has 1 fully saturated rings. The molecule has 46 heavy (non-hydrogen) atoms. The van der Waals surface area contributed by atoms with E-state index in [9.17, 15) is 27.9 Å². The van der Waals surface area contributed by atoms with E-state index in [1.807, 2.05) is 0 Å². The molecule has 0 unspecified atom stereocenters. The Morgan fingerprint density at radius 1 is 1.30 bits per heavy atom. The second-order valence-corrected chi connectivity index (χ2v) is 12.0. The van der Waals surface area contributed by atoms with E-state index >= 15 is 0 Å². The lowest BCUT2D eigenvalue weighted by Crippen LogP contribution is -2.76. The number of nitrogens with zero attached hydrogens (tertiary/aromatic N) is 6. The van der Waals surface area contributed by atoms with Crippen molar-refractivity contribution in [2.24, 2.45) is 10.9 Å². The summed E-state index contributed by atoms with van der Waals surface area (Å²) in [6.07, 6.45) is 3.69. The maximum atomic E-state index is 13.2. The lowest BCUT2D eigenvalue weighted by atomic mass is 9.84. The molecule has 4 heterocycles. The minimum Gasteiger partial charge on any atom is -0.487 e. The first-order chi connectivity index (χ1) is 21.6. The summed E-state index contributed by atoms with van der Waals surface area (Å²) in [5.41, 5.74) is 9.30. The topological polar surface area (TPSA) is 293 Å². The van der Waals surface area contributed by atoms with Crippen molar-refractivity contribution in [3.05, 3.63) is 47.4 Å². The molecule has 0 spiro atoms. The van der Waals surface area contributed by atoms with Gasteiger partial charge in [-0.25, -0.2) is 14.8 Å². The summed E-state index contributed by atoms with van der Waals surface area (Å²) in [7, 11) is -5.03. The molecule has 1 aliphatic rings. The number of carboxylic acid groups (broad SMARTS) is 1. The van der Waals surface area contributed by atoms with Gasteiger partial charge in [0.05, 0.1) is 11.7 Å². The number of imidazole rings is 1. The van der Waals surface area contributed by atoms with E-state index in [0.717, 1.165) is 11.3 Å². The zero-order chi connectivity index (χ0) is 33.8. The number of anilines is 1.